The van der Waals surface area contributed by atoms with Crippen LogP contribution in [0.3, 0.4) is 0 Å². The van der Waals surface area contributed by atoms with Gasteiger partial charge in [-0.2, -0.15) is 13.2 Å². The summed E-state index contributed by atoms with van der Waals surface area (Å²) in [7, 11) is 1.80. The van der Waals surface area contributed by atoms with Gasteiger partial charge in [-0.1, -0.05) is 0 Å². The van der Waals surface area contributed by atoms with Gasteiger partial charge < -0.3 is 20.1 Å². The third-order valence-electron chi connectivity index (χ3n) is 7.38. The van der Waals surface area contributed by atoms with Crippen molar-refractivity contribution in [2.75, 3.05) is 38.1 Å². The van der Waals surface area contributed by atoms with E-state index in [0.29, 0.717) is 43.6 Å². The zero-order valence-electron chi connectivity index (χ0n) is 20.8. The van der Waals surface area contributed by atoms with E-state index in [1.807, 2.05) is 9.47 Å². The quantitative estimate of drug-likeness (QED) is 0.487. The highest BCUT2D eigenvalue weighted by atomic mass is 19.4. The molecular formula is C24H28F3N9O2. The molecule has 2 fully saturated rings. The SMILES string of the molecule is CN(C(=O)CN1CCC1Cn1cnc2ccc(C(N)=O)nc21)C1CCN(c2ncc(C(F)(F)F)cn2)CC1. The molecule has 202 valence electrons. The fourth-order valence-electron chi connectivity index (χ4n) is 4.92. The summed E-state index contributed by atoms with van der Waals surface area (Å²) < 4.78 is 40.2. The summed E-state index contributed by atoms with van der Waals surface area (Å²) in [6, 6.07) is 3.43. The lowest BCUT2D eigenvalue weighted by atomic mass is 10.0. The summed E-state index contributed by atoms with van der Waals surface area (Å²) in [5.74, 6) is -0.321. The number of nitrogens with zero attached hydrogens (tertiary/aromatic N) is 8. The standard InChI is InChI=1S/C24H28F3N9O2/c1-33(16-4-7-34(8-5-16)23-29-10-15(11-30-23)24(25,26)27)20(37)13-35-9-6-17(35)12-36-14-31-19-3-2-18(21(28)38)32-22(19)36/h2-3,10-11,14,16-17H,4-9,12-13H2,1H3,(H2,28,38). The Hall–Kier alpha value is -3.81. The van der Waals surface area contributed by atoms with Crippen molar-refractivity contribution in [2.24, 2.45) is 5.73 Å². The third kappa shape index (κ3) is 5.26. The van der Waals surface area contributed by atoms with Crippen molar-refractivity contribution in [3.8, 4) is 0 Å². The number of anilines is 1. The molecule has 0 aromatic carbocycles. The first-order chi connectivity index (χ1) is 18.1. The molecule has 2 N–H and O–H groups in total. The lowest BCUT2D eigenvalue weighted by Gasteiger charge is -2.42. The minimum absolute atomic E-state index is 0.0172. The number of halogens is 3. The van der Waals surface area contributed by atoms with Gasteiger partial charge in [-0.15, -0.1) is 0 Å². The highest BCUT2D eigenvalue weighted by Gasteiger charge is 2.34. The zero-order valence-corrected chi connectivity index (χ0v) is 20.8. The predicted octanol–water partition coefficient (Wildman–Crippen LogP) is 1.54. The Morgan fingerprint density at radius 2 is 1.79 bits per heavy atom. The summed E-state index contributed by atoms with van der Waals surface area (Å²) in [6.07, 6.45) is 1.08. The number of piperidine rings is 1. The van der Waals surface area contributed by atoms with Gasteiger partial charge in [0.2, 0.25) is 11.9 Å². The fourth-order valence-corrected chi connectivity index (χ4v) is 4.92. The molecular weight excluding hydrogens is 503 g/mol. The van der Waals surface area contributed by atoms with E-state index in [9.17, 15) is 22.8 Å². The molecule has 2 aliphatic rings. The molecule has 0 spiro atoms. The molecule has 5 heterocycles. The second-order valence-electron chi connectivity index (χ2n) is 9.71. The summed E-state index contributed by atoms with van der Waals surface area (Å²) in [6.45, 7) is 2.78. The van der Waals surface area contributed by atoms with E-state index in [4.69, 9.17) is 5.73 Å². The van der Waals surface area contributed by atoms with Gasteiger partial charge in [-0.05, 0) is 31.4 Å². The van der Waals surface area contributed by atoms with Gasteiger partial charge in [0.25, 0.3) is 5.91 Å². The summed E-state index contributed by atoms with van der Waals surface area (Å²) in [5, 5.41) is 0. The zero-order chi connectivity index (χ0) is 27.0. The average molecular weight is 532 g/mol. The van der Waals surface area contributed by atoms with Crippen molar-refractivity contribution in [1.82, 2.24) is 34.3 Å². The Labute approximate surface area is 216 Å². The Morgan fingerprint density at radius 3 is 2.39 bits per heavy atom. The van der Waals surface area contributed by atoms with Crippen molar-refractivity contribution in [2.45, 2.75) is 44.1 Å². The van der Waals surface area contributed by atoms with Crippen LogP contribution in [-0.4, -0.2) is 91.4 Å². The number of carbonyl (C=O) groups excluding carboxylic acids is 2. The first kappa shape index (κ1) is 25.8. The van der Waals surface area contributed by atoms with Crippen LogP contribution in [0.25, 0.3) is 11.2 Å². The molecule has 3 aromatic heterocycles. The smallest absolute Gasteiger partial charge is 0.364 e. The third-order valence-corrected chi connectivity index (χ3v) is 7.38. The van der Waals surface area contributed by atoms with E-state index in [1.165, 1.54) is 0 Å². The molecule has 5 rings (SSSR count). The second kappa shape index (κ2) is 10.2. The topological polar surface area (TPSA) is 126 Å². The van der Waals surface area contributed by atoms with E-state index < -0.39 is 17.6 Å². The molecule has 38 heavy (non-hydrogen) atoms. The van der Waals surface area contributed by atoms with Crippen LogP contribution >= 0.6 is 0 Å². The molecule has 0 saturated carbocycles. The van der Waals surface area contributed by atoms with E-state index >= 15 is 0 Å². The first-order valence-electron chi connectivity index (χ1n) is 12.4. The molecule has 2 saturated heterocycles. The molecule has 1 unspecified atom stereocenters. The van der Waals surface area contributed by atoms with Crippen LogP contribution in [0, 0.1) is 0 Å². The van der Waals surface area contributed by atoms with Crippen molar-refractivity contribution in [3.63, 3.8) is 0 Å². The monoisotopic (exact) mass is 531 g/mol. The summed E-state index contributed by atoms with van der Waals surface area (Å²) in [4.78, 5) is 46.7. The van der Waals surface area contributed by atoms with E-state index in [-0.39, 0.29) is 36.2 Å². The minimum Gasteiger partial charge on any atom is -0.364 e. The van der Waals surface area contributed by atoms with Crippen molar-refractivity contribution in [1.29, 1.82) is 0 Å². The molecule has 14 heteroatoms. The number of carbonyl (C=O) groups is 2. The van der Waals surface area contributed by atoms with Gasteiger partial charge >= 0.3 is 6.18 Å². The normalized spacial score (nSPS) is 18.9. The van der Waals surface area contributed by atoms with Crippen LogP contribution in [-0.2, 0) is 17.5 Å². The highest BCUT2D eigenvalue weighted by molar-refractivity contribution is 5.92. The van der Waals surface area contributed by atoms with Gasteiger partial charge in [0.15, 0.2) is 5.65 Å². The number of imidazole rings is 1. The van der Waals surface area contributed by atoms with Gasteiger partial charge in [-0.25, -0.2) is 19.9 Å². The molecule has 0 radical (unpaired) electrons. The van der Waals surface area contributed by atoms with Crippen LogP contribution in [0.15, 0.2) is 30.9 Å². The van der Waals surface area contributed by atoms with E-state index in [2.05, 4.69) is 24.8 Å². The van der Waals surface area contributed by atoms with Gasteiger partial charge in [-0.3, -0.25) is 14.5 Å². The predicted molar refractivity (Wildman–Crippen MR) is 131 cm³/mol. The van der Waals surface area contributed by atoms with Crippen LogP contribution in [0.1, 0.15) is 35.3 Å². The van der Waals surface area contributed by atoms with Gasteiger partial charge in [0.05, 0.1) is 18.4 Å². The number of likely N-dealkylation sites (N-methyl/N-ethyl adjacent to an activating group) is 1. The maximum atomic E-state index is 13.1. The number of nitrogens with two attached hydrogens (primary N) is 1. The fraction of sp³-hybridized carbons (Fsp3) is 0.500. The molecule has 0 aliphatic carbocycles. The van der Waals surface area contributed by atoms with Gasteiger partial charge in [0, 0.05) is 57.7 Å². The average Bonchev–Trinajstić information content (AvgIpc) is 3.31. The first-order valence-corrected chi connectivity index (χ1v) is 12.4. The number of fused-ring (bicyclic) bond motifs is 1. The van der Waals surface area contributed by atoms with Crippen LogP contribution < -0.4 is 10.6 Å². The van der Waals surface area contributed by atoms with E-state index in [1.54, 1.807) is 30.4 Å². The molecule has 2 aliphatic heterocycles. The lowest BCUT2D eigenvalue weighted by Crippen LogP contribution is -2.55. The summed E-state index contributed by atoms with van der Waals surface area (Å²) in [5.41, 5.74) is 5.91. The molecule has 1 atom stereocenters. The number of amides is 2. The maximum Gasteiger partial charge on any atom is 0.419 e. The number of likely N-dealkylation sites (tertiary alicyclic amines) is 1. The number of primary amides is 1. The largest absolute Gasteiger partial charge is 0.419 e. The number of aromatic nitrogens is 5. The number of rotatable bonds is 7. The van der Waals surface area contributed by atoms with Crippen molar-refractivity contribution < 1.29 is 22.8 Å². The van der Waals surface area contributed by atoms with Crippen LogP contribution in [0.5, 0.6) is 0 Å². The minimum atomic E-state index is -4.47. The number of hydrogen-bond acceptors (Lipinski definition) is 8. The van der Waals surface area contributed by atoms with Crippen molar-refractivity contribution >= 4 is 28.9 Å². The summed E-state index contributed by atoms with van der Waals surface area (Å²) >= 11 is 0. The maximum absolute atomic E-state index is 13.1. The highest BCUT2D eigenvalue weighted by Crippen LogP contribution is 2.29. The molecule has 3 aromatic rings. The van der Waals surface area contributed by atoms with E-state index in [0.717, 1.165) is 25.4 Å². The number of pyridine rings is 1. The van der Waals surface area contributed by atoms with Crippen molar-refractivity contribution in [3.05, 3.63) is 42.1 Å². The lowest BCUT2D eigenvalue weighted by molar-refractivity contribution is -0.138. The Kier molecular flexibility index (Phi) is 6.90. The van der Waals surface area contributed by atoms with Crippen LogP contribution in [0.2, 0.25) is 0 Å². The molecule has 0 bridgehead atoms. The Balaban J connectivity index is 1.13. The Morgan fingerprint density at radius 1 is 1.08 bits per heavy atom. The Bertz CT molecular complexity index is 1320. The second-order valence-corrected chi connectivity index (χ2v) is 9.71. The van der Waals surface area contributed by atoms with Crippen LogP contribution in [0.4, 0.5) is 19.1 Å². The molecule has 11 nitrogen and oxygen atoms in total. The molecule has 2 amide bonds. The number of alkyl halides is 3. The van der Waals surface area contributed by atoms with Gasteiger partial charge in [0.1, 0.15) is 11.2 Å². The number of hydrogen-bond donors (Lipinski definition) is 1.